The van der Waals surface area contributed by atoms with Crippen LogP contribution < -0.4 is 10.6 Å². The van der Waals surface area contributed by atoms with Gasteiger partial charge in [-0.3, -0.25) is 0 Å². The van der Waals surface area contributed by atoms with Crippen molar-refractivity contribution in [2.75, 3.05) is 13.2 Å². The molecule has 0 aromatic heterocycles. The molecule has 0 spiro atoms. The van der Waals surface area contributed by atoms with Crippen LogP contribution in [0.4, 0.5) is 4.79 Å². The zero-order valence-electron chi connectivity index (χ0n) is 9.84. The maximum atomic E-state index is 11.4. The van der Waals surface area contributed by atoms with Crippen molar-refractivity contribution in [2.24, 2.45) is 0 Å². The molecule has 2 saturated carbocycles. The summed E-state index contributed by atoms with van der Waals surface area (Å²) in [5.41, 5.74) is 0. The summed E-state index contributed by atoms with van der Waals surface area (Å²) in [4.78, 5) is 11.4. The second kappa shape index (κ2) is 6.09. The fourth-order valence-corrected chi connectivity index (χ4v) is 2.23. The highest BCUT2D eigenvalue weighted by atomic mass is 16.5. The molecule has 2 amide bonds. The van der Waals surface area contributed by atoms with Gasteiger partial charge >= 0.3 is 6.03 Å². The van der Waals surface area contributed by atoms with E-state index in [2.05, 4.69) is 10.6 Å². The molecule has 2 aliphatic carbocycles. The molecule has 0 bridgehead atoms. The fourth-order valence-electron chi connectivity index (χ4n) is 2.23. The number of ether oxygens (including phenoxy) is 1. The van der Waals surface area contributed by atoms with E-state index in [4.69, 9.17) is 4.74 Å². The van der Waals surface area contributed by atoms with Crippen LogP contribution in [0.2, 0.25) is 0 Å². The number of carbonyl (C=O) groups is 1. The molecule has 2 rings (SSSR count). The monoisotopic (exact) mass is 226 g/mol. The lowest BCUT2D eigenvalue weighted by Gasteiger charge is -2.26. The van der Waals surface area contributed by atoms with Crippen LogP contribution in [0.1, 0.15) is 44.9 Å². The summed E-state index contributed by atoms with van der Waals surface area (Å²) < 4.78 is 5.66. The van der Waals surface area contributed by atoms with Gasteiger partial charge in [0.15, 0.2) is 0 Å². The molecule has 0 heterocycles. The van der Waals surface area contributed by atoms with Gasteiger partial charge in [0.2, 0.25) is 0 Å². The Bertz CT molecular complexity index is 223. The molecule has 0 atom stereocenters. The Morgan fingerprint density at radius 2 is 1.88 bits per heavy atom. The topological polar surface area (TPSA) is 50.4 Å². The molecule has 0 radical (unpaired) electrons. The van der Waals surface area contributed by atoms with Crippen molar-refractivity contribution in [3.05, 3.63) is 0 Å². The fraction of sp³-hybridized carbons (Fsp3) is 0.917. The first-order valence-electron chi connectivity index (χ1n) is 6.50. The van der Waals surface area contributed by atoms with Gasteiger partial charge in [0, 0.05) is 12.6 Å². The van der Waals surface area contributed by atoms with E-state index in [0.717, 1.165) is 12.8 Å². The molecule has 0 aliphatic heterocycles. The van der Waals surface area contributed by atoms with Gasteiger partial charge in [0.25, 0.3) is 0 Å². The lowest BCUT2D eigenvalue weighted by molar-refractivity contribution is 0.0612. The highest BCUT2D eigenvalue weighted by Gasteiger charge is 2.19. The number of hydrogen-bond donors (Lipinski definition) is 2. The zero-order valence-corrected chi connectivity index (χ0v) is 9.84. The van der Waals surface area contributed by atoms with E-state index < -0.39 is 0 Å². The Kier molecular flexibility index (Phi) is 4.45. The van der Waals surface area contributed by atoms with Crippen molar-refractivity contribution in [1.82, 2.24) is 10.6 Å². The predicted molar refractivity (Wildman–Crippen MR) is 62.4 cm³/mol. The van der Waals surface area contributed by atoms with E-state index in [1.165, 1.54) is 32.1 Å². The standard InChI is InChI=1S/C12H22N2O2/c15-12(14-10-4-3-5-10)13-8-9-16-11-6-1-2-7-11/h10-11H,1-9H2,(H2,13,14,15). The smallest absolute Gasteiger partial charge is 0.315 e. The van der Waals surface area contributed by atoms with Crippen LogP contribution in [-0.4, -0.2) is 31.3 Å². The molecule has 2 N–H and O–H groups in total. The number of amides is 2. The van der Waals surface area contributed by atoms with Crippen LogP contribution >= 0.6 is 0 Å². The van der Waals surface area contributed by atoms with Crippen LogP contribution in [-0.2, 0) is 4.74 Å². The zero-order chi connectivity index (χ0) is 11.2. The highest BCUT2D eigenvalue weighted by Crippen LogP contribution is 2.20. The maximum absolute atomic E-state index is 11.4. The molecule has 4 heteroatoms. The lowest BCUT2D eigenvalue weighted by atomic mass is 9.93. The molecular weight excluding hydrogens is 204 g/mol. The van der Waals surface area contributed by atoms with Crippen molar-refractivity contribution < 1.29 is 9.53 Å². The SMILES string of the molecule is O=C(NCCOC1CCCC1)NC1CCC1. The molecule has 2 aliphatic rings. The Labute approximate surface area is 97.1 Å². The summed E-state index contributed by atoms with van der Waals surface area (Å²) >= 11 is 0. The maximum Gasteiger partial charge on any atom is 0.315 e. The second-order valence-corrected chi connectivity index (χ2v) is 4.81. The van der Waals surface area contributed by atoms with Gasteiger partial charge in [-0.1, -0.05) is 12.8 Å². The third-order valence-corrected chi connectivity index (χ3v) is 3.48. The number of rotatable bonds is 5. The van der Waals surface area contributed by atoms with Crippen molar-refractivity contribution in [3.63, 3.8) is 0 Å². The average Bonchev–Trinajstić information content (AvgIpc) is 2.71. The molecule has 4 nitrogen and oxygen atoms in total. The molecule has 0 aromatic rings. The van der Waals surface area contributed by atoms with E-state index in [1.807, 2.05) is 0 Å². The van der Waals surface area contributed by atoms with Crippen molar-refractivity contribution in [1.29, 1.82) is 0 Å². The van der Waals surface area contributed by atoms with Gasteiger partial charge in [-0.2, -0.15) is 0 Å². The molecule has 2 fully saturated rings. The summed E-state index contributed by atoms with van der Waals surface area (Å²) in [6.07, 6.45) is 8.91. The molecule has 0 saturated heterocycles. The summed E-state index contributed by atoms with van der Waals surface area (Å²) in [6, 6.07) is 0.371. The van der Waals surface area contributed by atoms with Gasteiger partial charge in [-0.05, 0) is 32.1 Å². The summed E-state index contributed by atoms with van der Waals surface area (Å²) in [5, 5.41) is 5.77. The number of carbonyl (C=O) groups excluding carboxylic acids is 1. The van der Waals surface area contributed by atoms with Crippen LogP contribution in [0.3, 0.4) is 0 Å². The lowest BCUT2D eigenvalue weighted by Crippen LogP contribution is -2.46. The first-order valence-corrected chi connectivity index (χ1v) is 6.50. The van der Waals surface area contributed by atoms with E-state index in [-0.39, 0.29) is 6.03 Å². The minimum Gasteiger partial charge on any atom is -0.376 e. The predicted octanol–water partition coefficient (Wildman–Crippen LogP) is 1.80. The first kappa shape index (κ1) is 11.7. The normalized spacial score (nSPS) is 21.8. The van der Waals surface area contributed by atoms with Crippen LogP contribution in [0, 0.1) is 0 Å². The van der Waals surface area contributed by atoms with Gasteiger partial charge in [-0.15, -0.1) is 0 Å². The third-order valence-electron chi connectivity index (χ3n) is 3.48. The van der Waals surface area contributed by atoms with Crippen molar-refractivity contribution in [3.8, 4) is 0 Å². The van der Waals surface area contributed by atoms with Gasteiger partial charge in [0.05, 0.1) is 12.7 Å². The first-order chi connectivity index (χ1) is 7.84. The quantitative estimate of drug-likeness (QED) is 0.702. The minimum absolute atomic E-state index is 0.0419. The number of urea groups is 1. The molecule has 92 valence electrons. The highest BCUT2D eigenvalue weighted by molar-refractivity contribution is 5.74. The Morgan fingerprint density at radius 3 is 2.50 bits per heavy atom. The van der Waals surface area contributed by atoms with E-state index >= 15 is 0 Å². The summed E-state index contributed by atoms with van der Waals surface area (Å²) in [5.74, 6) is 0. The van der Waals surface area contributed by atoms with Crippen LogP contribution in [0.15, 0.2) is 0 Å². The van der Waals surface area contributed by atoms with Gasteiger partial charge in [0.1, 0.15) is 0 Å². The molecular formula is C12H22N2O2. The summed E-state index contributed by atoms with van der Waals surface area (Å²) in [6.45, 7) is 1.26. The largest absolute Gasteiger partial charge is 0.376 e. The molecule has 0 aromatic carbocycles. The van der Waals surface area contributed by atoms with Crippen LogP contribution in [0.25, 0.3) is 0 Å². The Morgan fingerprint density at radius 1 is 1.12 bits per heavy atom. The Hall–Kier alpha value is -0.770. The van der Waals surface area contributed by atoms with E-state index in [1.54, 1.807) is 0 Å². The second-order valence-electron chi connectivity index (χ2n) is 4.81. The van der Waals surface area contributed by atoms with Crippen molar-refractivity contribution >= 4 is 6.03 Å². The third kappa shape index (κ3) is 3.67. The Balaban J connectivity index is 1.45. The van der Waals surface area contributed by atoms with Crippen LogP contribution in [0.5, 0.6) is 0 Å². The average molecular weight is 226 g/mol. The molecule has 0 unspecified atom stereocenters. The number of nitrogens with one attached hydrogen (secondary N) is 2. The summed E-state index contributed by atoms with van der Waals surface area (Å²) in [7, 11) is 0. The molecule has 16 heavy (non-hydrogen) atoms. The van der Waals surface area contributed by atoms with E-state index in [0.29, 0.717) is 25.3 Å². The van der Waals surface area contributed by atoms with Gasteiger partial charge < -0.3 is 15.4 Å². The van der Waals surface area contributed by atoms with Crippen molar-refractivity contribution in [2.45, 2.75) is 57.1 Å². The minimum atomic E-state index is -0.0419. The van der Waals surface area contributed by atoms with Gasteiger partial charge in [-0.25, -0.2) is 4.79 Å². The number of hydrogen-bond acceptors (Lipinski definition) is 2. The van der Waals surface area contributed by atoms with E-state index in [9.17, 15) is 4.79 Å².